The predicted octanol–water partition coefficient (Wildman–Crippen LogP) is 0.999. The third-order valence-corrected chi connectivity index (χ3v) is 1.87. The topological polar surface area (TPSA) is 50.9 Å². The first-order valence-corrected chi connectivity index (χ1v) is 4.18. The fourth-order valence-corrected chi connectivity index (χ4v) is 1.16. The third-order valence-electron chi connectivity index (χ3n) is 1.87. The molecule has 0 radical (unpaired) electrons. The quantitative estimate of drug-likeness (QED) is 0.408. The summed E-state index contributed by atoms with van der Waals surface area (Å²) in [5.41, 5.74) is 3.79. The third kappa shape index (κ3) is 2.86. The van der Waals surface area contributed by atoms with Crippen LogP contribution in [0.3, 0.4) is 0 Å². The smallest absolute Gasteiger partial charge is 0.0484 e. The molecule has 0 saturated heterocycles. The zero-order valence-electron chi connectivity index (χ0n) is 7.40. The highest BCUT2D eigenvalue weighted by Crippen LogP contribution is 2.15. The van der Waals surface area contributed by atoms with Crippen molar-refractivity contribution in [1.82, 2.24) is 10.4 Å². The number of nitrogens with zero attached hydrogens (tertiary/aromatic N) is 1. The first kappa shape index (κ1) is 9.72. The number of aromatic nitrogens is 1. The fourth-order valence-electron chi connectivity index (χ4n) is 1.16. The lowest BCUT2D eigenvalue weighted by atomic mass is 10.1. The second-order valence-electron chi connectivity index (χ2n) is 2.75. The summed E-state index contributed by atoms with van der Waals surface area (Å²) < 4.78 is 0. The molecule has 0 amide bonds. The molecule has 68 valence electrons. The Kier molecular flexibility index (Phi) is 3.97. The molecule has 0 aromatic carbocycles. The second kappa shape index (κ2) is 5.31. The maximum Gasteiger partial charge on any atom is 0.0484 e. The first-order chi connectivity index (χ1) is 6.38. The molecule has 3 heteroatoms. The molecule has 1 unspecified atom stereocenters. The van der Waals surface area contributed by atoms with Crippen LogP contribution in [0.15, 0.2) is 24.5 Å². The van der Waals surface area contributed by atoms with Gasteiger partial charge in [0.15, 0.2) is 0 Å². The van der Waals surface area contributed by atoms with Gasteiger partial charge in [-0.05, 0) is 18.1 Å². The molecule has 3 nitrogen and oxygen atoms in total. The van der Waals surface area contributed by atoms with E-state index in [-0.39, 0.29) is 6.04 Å². The highest BCUT2D eigenvalue weighted by atomic mass is 15.2. The van der Waals surface area contributed by atoms with Gasteiger partial charge in [-0.3, -0.25) is 16.3 Å². The largest absolute Gasteiger partial charge is 0.271 e. The average Bonchev–Trinajstić information content (AvgIpc) is 2.21. The molecular formula is C10H13N3. The van der Waals surface area contributed by atoms with Crippen molar-refractivity contribution in [1.29, 1.82) is 0 Å². The van der Waals surface area contributed by atoms with Crippen molar-refractivity contribution in [2.24, 2.45) is 5.84 Å². The molecule has 1 rings (SSSR count). The van der Waals surface area contributed by atoms with E-state index in [1.807, 2.05) is 12.1 Å². The minimum absolute atomic E-state index is 0.102. The van der Waals surface area contributed by atoms with Crippen LogP contribution in [-0.2, 0) is 0 Å². The Morgan fingerprint density at radius 1 is 1.69 bits per heavy atom. The van der Waals surface area contributed by atoms with E-state index in [2.05, 4.69) is 16.3 Å². The number of hydrazine groups is 1. The maximum atomic E-state index is 5.40. The highest BCUT2D eigenvalue weighted by molar-refractivity contribution is 5.13. The van der Waals surface area contributed by atoms with E-state index < -0.39 is 0 Å². The Hall–Kier alpha value is -1.37. The van der Waals surface area contributed by atoms with Gasteiger partial charge in [0, 0.05) is 24.9 Å². The number of terminal acetylenes is 1. The lowest BCUT2D eigenvalue weighted by Gasteiger charge is -2.13. The molecule has 0 aliphatic heterocycles. The van der Waals surface area contributed by atoms with Gasteiger partial charge in [-0.1, -0.05) is 6.07 Å². The summed E-state index contributed by atoms with van der Waals surface area (Å²) in [5.74, 6) is 7.99. The molecule has 1 aromatic rings. The van der Waals surface area contributed by atoms with Crippen LogP contribution in [0.25, 0.3) is 0 Å². The van der Waals surface area contributed by atoms with Crippen molar-refractivity contribution in [3.63, 3.8) is 0 Å². The van der Waals surface area contributed by atoms with Crippen molar-refractivity contribution < 1.29 is 0 Å². The van der Waals surface area contributed by atoms with Crippen molar-refractivity contribution in [2.75, 3.05) is 0 Å². The molecule has 3 N–H and O–H groups in total. The van der Waals surface area contributed by atoms with Crippen LogP contribution in [0.1, 0.15) is 24.4 Å². The Labute approximate surface area is 78.3 Å². The molecular weight excluding hydrogens is 162 g/mol. The SMILES string of the molecule is C#CCCC(NN)c1cccnc1. The van der Waals surface area contributed by atoms with Crippen LogP contribution in [0, 0.1) is 12.3 Å². The van der Waals surface area contributed by atoms with E-state index in [4.69, 9.17) is 12.3 Å². The van der Waals surface area contributed by atoms with Gasteiger partial charge < -0.3 is 0 Å². The maximum absolute atomic E-state index is 5.40. The predicted molar refractivity (Wildman–Crippen MR) is 52.4 cm³/mol. The highest BCUT2D eigenvalue weighted by Gasteiger charge is 2.07. The lowest BCUT2D eigenvalue weighted by molar-refractivity contribution is 0.522. The monoisotopic (exact) mass is 175 g/mol. The lowest BCUT2D eigenvalue weighted by Crippen LogP contribution is -2.27. The molecule has 13 heavy (non-hydrogen) atoms. The van der Waals surface area contributed by atoms with Crippen LogP contribution < -0.4 is 11.3 Å². The Bertz CT molecular complexity index is 276. The Morgan fingerprint density at radius 3 is 3.08 bits per heavy atom. The van der Waals surface area contributed by atoms with Gasteiger partial charge in [0.2, 0.25) is 0 Å². The number of hydrogen-bond donors (Lipinski definition) is 2. The van der Waals surface area contributed by atoms with Gasteiger partial charge in [-0.25, -0.2) is 0 Å². The van der Waals surface area contributed by atoms with E-state index in [9.17, 15) is 0 Å². The summed E-state index contributed by atoms with van der Waals surface area (Å²) in [6.45, 7) is 0. The average molecular weight is 175 g/mol. The van der Waals surface area contributed by atoms with Crippen LogP contribution in [-0.4, -0.2) is 4.98 Å². The summed E-state index contributed by atoms with van der Waals surface area (Å²) in [6, 6.07) is 3.97. The number of nitrogens with two attached hydrogens (primary N) is 1. The van der Waals surface area contributed by atoms with E-state index in [1.54, 1.807) is 12.4 Å². The number of pyridine rings is 1. The molecule has 1 atom stereocenters. The van der Waals surface area contributed by atoms with Gasteiger partial charge in [0.05, 0.1) is 0 Å². The first-order valence-electron chi connectivity index (χ1n) is 4.18. The number of rotatable bonds is 4. The zero-order valence-corrected chi connectivity index (χ0v) is 7.40. The summed E-state index contributed by atoms with van der Waals surface area (Å²) in [7, 11) is 0. The zero-order chi connectivity index (χ0) is 9.52. The minimum Gasteiger partial charge on any atom is -0.271 e. The summed E-state index contributed by atoms with van der Waals surface area (Å²) in [4.78, 5) is 4.01. The molecule has 1 heterocycles. The summed E-state index contributed by atoms with van der Waals surface area (Å²) >= 11 is 0. The van der Waals surface area contributed by atoms with Gasteiger partial charge in [0.1, 0.15) is 0 Å². The van der Waals surface area contributed by atoms with Gasteiger partial charge >= 0.3 is 0 Å². The molecule has 1 aromatic heterocycles. The molecule has 0 bridgehead atoms. The van der Waals surface area contributed by atoms with Crippen LogP contribution in [0.5, 0.6) is 0 Å². The van der Waals surface area contributed by atoms with Crippen LogP contribution >= 0.6 is 0 Å². The second-order valence-corrected chi connectivity index (χ2v) is 2.75. The fraction of sp³-hybridized carbons (Fsp3) is 0.300. The van der Waals surface area contributed by atoms with Crippen molar-refractivity contribution >= 4 is 0 Å². The number of nitrogens with one attached hydrogen (secondary N) is 1. The van der Waals surface area contributed by atoms with Gasteiger partial charge in [-0.15, -0.1) is 12.3 Å². The Morgan fingerprint density at radius 2 is 2.54 bits per heavy atom. The summed E-state index contributed by atoms with van der Waals surface area (Å²) in [6.07, 6.45) is 10.2. The van der Waals surface area contributed by atoms with Crippen LogP contribution in [0.4, 0.5) is 0 Å². The van der Waals surface area contributed by atoms with Crippen molar-refractivity contribution in [3.8, 4) is 12.3 Å². The van der Waals surface area contributed by atoms with Crippen LogP contribution in [0.2, 0.25) is 0 Å². The normalized spacial score (nSPS) is 12.0. The van der Waals surface area contributed by atoms with Gasteiger partial charge in [-0.2, -0.15) is 0 Å². The molecule has 0 aliphatic rings. The number of hydrogen-bond acceptors (Lipinski definition) is 3. The van der Waals surface area contributed by atoms with Gasteiger partial charge in [0.25, 0.3) is 0 Å². The molecule has 0 saturated carbocycles. The van der Waals surface area contributed by atoms with E-state index in [0.717, 1.165) is 12.0 Å². The Balaban J connectivity index is 2.63. The molecule has 0 fully saturated rings. The molecule has 0 aliphatic carbocycles. The molecule has 0 spiro atoms. The van der Waals surface area contributed by atoms with Crippen molar-refractivity contribution in [2.45, 2.75) is 18.9 Å². The standard InChI is InChI=1S/C10H13N3/c1-2-3-6-10(13-11)9-5-4-7-12-8-9/h1,4-5,7-8,10,13H,3,6,11H2. The summed E-state index contributed by atoms with van der Waals surface area (Å²) in [5, 5.41) is 0. The minimum atomic E-state index is 0.102. The van der Waals surface area contributed by atoms with E-state index in [0.29, 0.717) is 6.42 Å². The van der Waals surface area contributed by atoms with E-state index >= 15 is 0 Å². The van der Waals surface area contributed by atoms with E-state index in [1.165, 1.54) is 0 Å². The van der Waals surface area contributed by atoms with Crippen molar-refractivity contribution in [3.05, 3.63) is 30.1 Å².